The van der Waals surface area contributed by atoms with Gasteiger partial charge in [0.25, 0.3) is 0 Å². The molecule has 23 heavy (non-hydrogen) atoms. The van der Waals surface area contributed by atoms with E-state index in [-0.39, 0.29) is 11.5 Å². The van der Waals surface area contributed by atoms with Crippen molar-refractivity contribution >= 4 is 12.6 Å². The Labute approximate surface area is 134 Å². The summed E-state index contributed by atoms with van der Waals surface area (Å²) in [6.07, 6.45) is -4.43. The lowest BCUT2D eigenvalue weighted by molar-refractivity contribution is -0.153. The van der Waals surface area contributed by atoms with Crippen molar-refractivity contribution in [2.24, 2.45) is 0 Å². The third-order valence-electron chi connectivity index (χ3n) is 4.10. The molecule has 128 valence electrons. The molecule has 1 aliphatic heterocycles. The standard InChI is InChI=1S/C15H20BF3O4/c1-13(2)14(3,4)23-16(22-13)10-6-7-11(20-5)12(8-10)21-9-15(17,18)19/h6-8H,9H2,1-5H3. The van der Waals surface area contributed by atoms with Crippen molar-refractivity contribution in [3.8, 4) is 11.5 Å². The summed E-state index contributed by atoms with van der Waals surface area (Å²) in [5.74, 6) is 0.214. The van der Waals surface area contributed by atoms with Crippen molar-refractivity contribution in [1.82, 2.24) is 0 Å². The molecule has 0 atom stereocenters. The molecule has 0 bridgehead atoms. The van der Waals surface area contributed by atoms with Gasteiger partial charge in [-0.15, -0.1) is 0 Å². The Balaban J connectivity index is 2.24. The van der Waals surface area contributed by atoms with Crippen molar-refractivity contribution in [3.63, 3.8) is 0 Å². The average Bonchev–Trinajstić information content (AvgIpc) is 2.64. The lowest BCUT2D eigenvalue weighted by atomic mass is 9.79. The van der Waals surface area contributed by atoms with Crippen molar-refractivity contribution in [3.05, 3.63) is 18.2 Å². The Morgan fingerprint density at radius 1 is 1.04 bits per heavy atom. The zero-order valence-electron chi connectivity index (χ0n) is 13.8. The molecule has 2 rings (SSSR count). The monoisotopic (exact) mass is 332 g/mol. The molecule has 1 fully saturated rings. The molecule has 0 amide bonds. The Morgan fingerprint density at radius 3 is 2.09 bits per heavy atom. The van der Waals surface area contributed by atoms with E-state index >= 15 is 0 Å². The van der Waals surface area contributed by atoms with Crippen LogP contribution in [0.5, 0.6) is 11.5 Å². The van der Waals surface area contributed by atoms with Crippen LogP contribution in [-0.4, -0.2) is 38.2 Å². The minimum atomic E-state index is -4.43. The van der Waals surface area contributed by atoms with Crippen LogP contribution in [0.1, 0.15) is 27.7 Å². The second kappa shape index (κ2) is 5.90. The maximum Gasteiger partial charge on any atom is 0.494 e. The smallest absolute Gasteiger partial charge is 0.493 e. The van der Waals surface area contributed by atoms with Crippen LogP contribution in [0, 0.1) is 0 Å². The second-order valence-corrected chi connectivity index (χ2v) is 6.40. The van der Waals surface area contributed by atoms with E-state index in [1.807, 2.05) is 27.7 Å². The van der Waals surface area contributed by atoms with Gasteiger partial charge < -0.3 is 18.8 Å². The lowest BCUT2D eigenvalue weighted by Gasteiger charge is -2.32. The molecule has 0 aliphatic carbocycles. The zero-order chi connectivity index (χ0) is 17.5. The molecule has 0 radical (unpaired) electrons. The second-order valence-electron chi connectivity index (χ2n) is 6.40. The first-order valence-electron chi connectivity index (χ1n) is 7.18. The van der Waals surface area contributed by atoms with E-state index in [2.05, 4.69) is 0 Å². The molecule has 0 N–H and O–H groups in total. The Hall–Kier alpha value is -1.41. The van der Waals surface area contributed by atoms with E-state index in [0.29, 0.717) is 5.46 Å². The van der Waals surface area contributed by atoms with Gasteiger partial charge in [-0.3, -0.25) is 0 Å². The van der Waals surface area contributed by atoms with Crippen LogP contribution >= 0.6 is 0 Å². The third kappa shape index (κ3) is 3.92. The van der Waals surface area contributed by atoms with Crippen molar-refractivity contribution in [2.75, 3.05) is 13.7 Å². The number of ether oxygens (including phenoxy) is 2. The summed E-state index contributed by atoms with van der Waals surface area (Å²) in [7, 11) is 0.684. The Bertz CT molecular complexity index is 556. The van der Waals surface area contributed by atoms with Gasteiger partial charge in [0.15, 0.2) is 18.1 Å². The van der Waals surface area contributed by atoms with Crippen LogP contribution in [0.2, 0.25) is 0 Å². The van der Waals surface area contributed by atoms with Crippen molar-refractivity contribution in [2.45, 2.75) is 45.1 Å². The normalized spacial score (nSPS) is 19.7. The minimum Gasteiger partial charge on any atom is -0.493 e. The SMILES string of the molecule is COc1ccc(B2OC(C)(C)C(C)(C)O2)cc1OCC(F)(F)F. The van der Waals surface area contributed by atoms with Gasteiger partial charge in [-0.25, -0.2) is 0 Å². The first kappa shape index (κ1) is 17.9. The Morgan fingerprint density at radius 2 is 1.61 bits per heavy atom. The van der Waals surface area contributed by atoms with Gasteiger partial charge in [-0.05, 0) is 45.3 Å². The number of rotatable bonds is 4. The summed E-state index contributed by atoms with van der Waals surface area (Å²) in [6.45, 7) is 6.21. The Kier molecular flexibility index (Phi) is 4.61. The summed E-state index contributed by atoms with van der Waals surface area (Å²) in [6, 6.07) is 4.67. The fourth-order valence-electron chi connectivity index (χ4n) is 2.09. The topological polar surface area (TPSA) is 36.9 Å². The molecule has 0 unspecified atom stereocenters. The first-order chi connectivity index (χ1) is 10.5. The van der Waals surface area contributed by atoms with Gasteiger partial charge in [0.1, 0.15) is 0 Å². The van der Waals surface area contributed by atoms with Gasteiger partial charge in [0.2, 0.25) is 0 Å². The molecule has 1 aromatic carbocycles. The van der Waals surface area contributed by atoms with Crippen LogP contribution in [0.4, 0.5) is 13.2 Å². The molecule has 0 aromatic heterocycles. The predicted molar refractivity (Wildman–Crippen MR) is 80.3 cm³/mol. The summed E-state index contributed by atoms with van der Waals surface area (Å²) in [5.41, 5.74) is -0.503. The fraction of sp³-hybridized carbons (Fsp3) is 0.600. The van der Waals surface area contributed by atoms with E-state index in [0.717, 1.165) is 0 Å². The number of benzene rings is 1. The molecule has 1 saturated heterocycles. The van der Waals surface area contributed by atoms with Gasteiger partial charge in [0, 0.05) is 0 Å². The summed E-state index contributed by atoms with van der Waals surface area (Å²) in [4.78, 5) is 0. The average molecular weight is 332 g/mol. The van der Waals surface area contributed by atoms with E-state index in [4.69, 9.17) is 18.8 Å². The highest BCUT2D eigenvalue weighted by atomic mass is 19.4. The van der Waals surface area contributed by atoms with Gasteiger partial charge in [-0.1, -0.05) is 6.07 Å². The van der Waals surface area contributed by atoms with Crippen molar-refractivity contribution in [1.29, 1.82) is 0 Å². The molecule has 8 heteroatoms. The largest absolute Gasteiger partial charge is 0.494 e. The number of alkyl halides is 3. The van der Waals surface area contributed by atoms with E-state index in [1.165, 1.54) is 19.2 Å². The highest BCUT2D eigenvalue weighted by Gasteiger charge is 2.51. The van der Waals surface area contributed by atoms with E-state index in [1.54, 1.807) is 6.07 Å². The molecule has 0 saturated carbocycles. The van der Waals surface area contributed by atoms with E-state index < -0.39 is 31.1 Å². The van der Waals surface area contributed by atoms with E-state index in [9.17, 15) is 13.2 Å². The molecule has 1 heterocycles. The molecule has 0 spiro atoms. The molecule has 1 aliphatic rings. The molecule has 4 nitrogen and oxygen atoms in total. The van der Waals surface area contributed by atoms with Crippen LogP contribution in [0.3, 0.4) is 0 Å². The van der Waals surface area contributed by atoms with Gasteiger partial charge >= 0.3 is 13.3 Å². The van der Waals surface area contributed by atoms with Crippen LogP contribution in [0.25, 0.3) is 0 Å². The fourth-order valence-corrected chi connectivity index (χ4v) is 2.09. The quantitative estimate of drug-likeness (QED) is 0.795. The highest BCUT2D eigenvalue weighted by Crippen LogP contribution is 2.37. The predicted octanol–water partition coefficient (Wildman–Crippen LogP) is 2.94. The van der Waals surface area contributed by atoms with Crippen molar-refractivity contribution < 1.29 is 32.0 Å². The van der Waals surface area contributed by atoms with Crippen LogP contribution < -0.4 is 14.9 Å². The summed E-state index contributed by atoms with van der Waals surface area (Å²) in [5, 5.41) is 0. The molecular formula is C15H20BF3O4. The molecular weight excluding hydrogens is 312 g/mol. The summed E-state index contributed by atoms with van der Waals surface area (Å²) >= 11 is 0. The number of halogens is 3. The number of hydrogen-bond donors (Lipinski definition) is 0. The first-order valence-corrected chi connectivity index (χ1v) is 7.18. The zero-order valence-corrected chi connectivity index (χ0v) is 13.8. The number of methoxy groups -OCH3 is 1. The highest BCUT2D eigenvalue weighted by molar-refractivity contribution is 6.62. The van der Waals surface area contributed by atoms with Gasteiger partial charge in [0.05, 0.1) is 18.3 Å². The van der Waals surface area contributed by atoms with Crippen LogP contribution in [-0.2, 0) is 9.31 Å². The van der Waals surface area contributed by atoms with Gasteiger partial charge in [-0.2, -0.15) is 13.2 Å². The maximum absolute atomic E-state index is 12.4. The van der Waals surface area contributed by atoms with Crippen LogP contribution in [0.15, 0.2) is 18.2 Å². The summed E-state index contributed by atoms with van der Waals surface area (Å²) < 4.78 is 58.7. The molecule has 1 aromatic rings. The lowest BCUT2D eigenvalue weighted by Crippen LogP contribution is -2.41. The minimum absolute atomic E-state index is 0.00274. The maximum atomic E-state index is 12.4. The number of hydrogen-bond acceptors (Lipinski definition) is 4. The third-order valence-corrected chi connectivity index (χ3v) is 4.10.